The number of fused-ring (bicyclic) bond motifs is 1. The van der Waals surface area contributed by atoms with E-state index in [4.69, 9.17) is 16.3 Å². The Morgan fingerprint density at radius 2 is 1.68 bits per heavy atom. The van der Waals surface area contributed by atoms with E-state index in [1.807, 2.05) is 0 Å². The summed E-state index contributed by atoms with van der Waals surface area (Å²) < 4.78 is 4.92. The third-order valence-corrected chi connectivity index (χ3v) is 3.95. The fourth-order valence-electron chi connectivity index (χ4n) is 2.45. The van der Waals surface area contributed by atoms with Gasteiger partial charge in [-0.2, -0.15) is 0 Å². The van der Waals surface area contributed by atoms with Crippen LogP contribution in [0.15, 0.2) is 48.5 Å². The van der Waals surface area contributed by atoms with E-state index in [2.05, 4.69) is 0 Å². The van der Waals surface area contributed by atoms with Gasteiger partial charge in [0.25, 0.3) is 11.7 Å². The number of hydrogen-bond acceptors (Lipinski definition) is 5. The number of amides is 1. The first kappa shape index (κ1) is 16.9. The van der Waals surface area contributed by atoms with Crippen LogP contribution >= 0.6 is 11.6 Å². The van der Waals surface area contributed by atoms with Crippen LogP contribution in [0.5, 0.6) is 0 Å². The van der Waals surface area contributed by atoms with Gasteiger partial charge in [-0.25, -0.2) is 0 Å². The summed E-state index contributed by atoms with van der Waals surface area (Å²) in [6.45, 7) is -0.895. The Hall–Kier alpha value is -2.99. The second kappa shape index (κ2) is 6.86. The molecular formula is C18H12ClNO5. The lowest BCUT2D eigenvalue weighted by Crippen LogP contribution is -2.36. The van der Waals surface area contributed by atoms with Crippen molar-refractivity contribution in [1.82, 2.24) is 0 Å². The van der Waals surface area contributed by atoms with E-state index in [1.165, 1.54) is 18.2 Å². The van der Waals surface area contributed by atoms with Crippen LogP contribution in [-0.2, 0) is 14.3 Å². The number of anilines is 1. The Kier molecular flexibility index (Phi) is 4.63. The van der Waals surface area contributed by atoms with Crippen molar-refractivity contribution in [3.05, 3.63) is 64.7 Å². The first-order chi connectivity index (χ1) is 12.0. The lowest BCUT2D eigenvalue weighted by atomic mass is 10.1. The van der Waals surface area contributed by atoms with Gasteiger partial charge < -0.3 is 4.74 Å². The topological polar surface area (TPSA) is 80.8 Å². The zero-order chi connectivity index (χ0) is 18.0. The largest absolute Gasteiger partial charge is 0.456 e. The van der Waals surface area contributed by atoms with E-state index < -0.39 is 36.6 Å². The summed E-state index contributed by atoms with van der Waals surface area (Å²) in [4.78, 5) is 48.8. The molecule has 2 aromatic carbocycles. The molecule has 1 heterocycles. The molecule has 25 heavy (non-hydrogen) atoms. The third kappa shape index (κ3) is 3.44. The van der Waals surface area contributed by atoms with Crippen LogP contribution in [0.1, 0.15) is 20.7 Å². The van der Waals surface area contributed by atoms with Crippen LogP contribution in [0.2, 0.25) is 5.02 Å². The maximum Gasteiger partial charge on any atom is 0.326 e. The lowest BCUT2D eigenvalue weighted by molar-refractivity contribution is -0.141. The number of ketones is 2. The number of carbonyl (C=O) groups is 4. The van der Waals surface area contributed by atoms with Crippen molar-refractivity contribution in [2.24, 2.45) is 0 Å². The number of carbonyl (C=O) groups excluding carboxylic acids is 4. The maximum absolute atomic E-state index is 12.0. The highest BCUT2D eigenvalue weighted by Crippen LogP contribution is 2.28. The van der Waals surface area contributed by atoms with E-state index in [0.29, 0.717) is 16.3 Å². The fraction of sp³-hybridized carbons (Fsp3) is 0.111. The van der Waals surface area contributed by atoms with Crippen LogP contribution in [0.3, 0.4) is 0 Å². The molecule has 0 N–H and O–H groups in total. The molecule has 1 aliphatic rings. The molecule has 2 aromatic rings. The molecule has 3 rings (SSSR count). The highest BCUT2D eigenvalue weighted by molar-refractivity contribution is 6.52. The summed E-state index contributed by atoms with van der Waals surface area (Å²) in [6, 6.07) is 12.6. The Labute approximate surface area is 147 Å². The number of ether oxygens (including phenoxy) is 1. The Morgan fingerprint density at radius 1 is 1.00 bits per heavy atom. The summed E-state index contributed by atoms with van der Waals surface area (Å²) >= 11 is 5.74. The van der Waals surface area contributed by atoms with Crippen molar-refractivity contribution in [3.63, 3.8) is 0 Å². The van der Waals surface area contributed by atoms with E-state index in [1.54, 1.807) is 30.3 Å². The average Bonchev–Trinajstić information content (AvgIpc) is 2.85. The van der Waals surface area contributed by atoms with Crippen molar-refractivity contribution < 1.29 is 23.9 Å². The lowest BCUT2D eigenvalue weighted by Gasteiger charge is -2.15. The molecule has 126 valence electrons. The average molecular weight is 358 g/mol. The molecule has 0 spiro atoms. The van der Waals surface area contributed by atoms with Gasteiger partial charge in [0, 0.05) is 10.6 Å². The SMILES string of the molecule is O=C(CN1C(=O)C(=O)c2ccccc21)OCC(=O)c1ccc(Cl)cc1. The molecule has 1 aliphatic heterocycles. The summed E-state index contributed by atoms with van der Waals surface area (Å²) in [5, 5.41) is 0.490. The highest BCUT2D eigenvalue weighted by Gasteiger charge is 2.36. The quantitative estimate of drug-likeness (QED) is 0.466. The molecule has 0 saturated carbocycles. The molecule has 0 radical (unpaired) electrons. The van der Waals surface area contributed by atoms with Crippen LogP contribution in [0.25, 0.3) is 0 Å². The summed E-state index contributed by atoms with van der Waals surface area (Å²) in [6.07, 6.45) is 0. The Balaban J connectivity index is 1.61. The number of hydrogen-bond donors (Lipinski definition) is 0. The van der Waals surface area contributed by atoms with E-state index in [0.717, 1.165) is 4.90 Å². The van der Waals surface area contributed by atoms with Crippen molar-refractivity contribution in [1.29, 1.82) is 0 Å². The van der Waals surface area contributed by atoms with Gasteiger partial charge in [-0.15, -0.1) is 0 Å². The van der Waals surface area contributed by atoms with Gasteiger partial charge in [-0.05, 0) is 36.4 Å². The molecule has 6 nitrogen and oxygen atoms in total. The molecule has 0 aromatic heterocycles. The van der Waals surface area contributed by atoms with Crippen molar-refractivity contribution >= 4 is 40.7 Å². The minimum Gasteiger partial charge on any atom is -0.456 e. The molecule has 7 heteroatoms. The highest BCUT2D eigenvalue weighted by atomic mass is 35.5. The second-order valence-corrected chi connectivity index (χ2v) is 5.76. The van der Waals surface area contributed by atoms with Gasteiger partial charge in [-0.3, -0.25) is 24.1 Å². The molecule has 0 bridgehead atoms. The number of halogens is 1. The monoisotopic (exact) mass is 357 g/mol. The van der Waals surface area contributed by atoms with Crippen molar-refractivity contribution in [3.8, 4) is 0 Å². The molecule has 0 aliphatic carbocycles. The zero-order valence-corrected chi connectivity index (χ0v) is 13.7. The van der Waals surface area contributed by atoms with Gasteiger partial charge in [0.15, 0.2) is 12.4 Å². The number of benzene rings is 2. The van der Waals surface area contributed by atoms with Crippen molar-refractivity contribution in [2.75, 3.05) is 18.1 Å². The minimum absolute atomic E-state index is 0.248. The smallest absolute Gasteiger partial charge is 0.326 e. The first-order valence-corrected chi connectivity index (χ1v) is 7.75. The molecule has 0 atom stereocenters. The molecule has 1 amide bonds. The maximum atomic E-state index is 12.0. The van der Waals surface area contributed by atoms with Crippen LogP contribution in [-0.4, -0.2) is 36.6 Å². The van der Waals surface area contributed by atoms with Crippen LogP contribution in [0.4, 0.5) is 5.69 Å². The standard InChI is InChI=1S/C18H12ClNO5/c19-12-7-5-11(6-8-12)15(21)10-25-16(22)9-20-14-4-2-1-3-13(14)17(23)18(20)24/h1-8H,9-10H2. The van der Waals surface area contributed by atoms with Gasteiger partial charge >= 0.3 is 5.97 Å². The Morgan fingerprint density at radius 3 is 2.40 bits per heavy atom. The number of rotatable bonds is 5. The van der Waals surface area contributed by atoms with Crippen molar-refractivity contribution in [2.45, 2.75) is 0 Å². The van der Waals surface area contributed by atoms with Crippen LogP contribution in [0, 0.1) is 0 Å². The number of Topliss-reactive ketones (excluding diaryl/α,β-unsaturated/α-hetero) is 2. The van der Waals surface area contributed by atoms with Gasteiger partial charge in [0.05, 0.1) is 11.3 Å². The van der Waals surface area contributed by atoms with Gasteiger partial charge in [-0.1, -0.05) is 23.7 Å². The predicted molar refractivity (Wildman–Crippen MR) is 89.9 cm³/mol. The molecule has 0 unspecified atom stereocenters. The molecule has 0 fully saturated rings. The number of nitrogens with zero attached hydrogens (tertiary/aromatic N) is 1. The fourth-order valence-corrected chi connectivity index (χ4v) is 2.57. The van der Waals surface area contributed by atoms with E-state index in [-0.39, 0.29) is 5.56 Å². The summed E-state index contributed by atoms with van der Waals surface area (Å²) in [7, 11) is 0. The normalized spacial score (nSPS) is 12.9. The summed E-state index contributed by atoms with van der Waals surface area (Å²) in [5.41, 5.74) is 0.964. The van der Waals surface area contributed by atoms with Gasteiger partial charge in [0.1, 0.15) is 6.54 Å². The second-order valence-electron chi connectivity index (χ2n) is 5.33. The molecule has 0 saturated heterocycles. The predicted octanol–water partition coefficient (Wildman–Crippen LogP) is 2.30. The van der Waals surface area contributed by atoms with Gasteiger partial charge in [0.2, 0.25) is 0 Å². The minimum atomic E-state index is -0.790. The first-order valence-electron chi connectivity index (χ1n) is 7.37. The summed E-state index contributed by atoms with van der Waals surface area (Å²) in [5.74, 6) is -2.63. The third-order valence-electron chi connectivity index (χ3n) is 3.70. The number of esters is 1. The van der Waals surface area contributed by atoms with Crippen LogP contribution < -0.4 is 4.90 Å². The number of para-hydroxylation sites is 1. The van der Waals surface area contributed by atoms with E-state index in [9.17, 15) is 19.2 Å². The zero-order valence-electron chi connectivity index (χ0n) is 12.9. The Bertz CT molecular complexity index is 875. The van der Waals surface area contributed by atoms with E-state index >= 15 is 0 Å². The molecular weight excluding hydrogens is 346 g/mol.